The number of hydrogen-bond acceptors (Lipinski definition) is 4. The standard InChI is InChI=1S/C16H34O4S.Na/c1-5-9-11-15(7-3)13-19-21(17,18)20-14-16(8-4)12-10-6-2;/h15-16H,5-14H2,1-4H3;. The first-order valence-electron chi connectivity index (χ1n) is 8.52. The molecule has 2 unspecified atom stereocenters. The quantitative estimate of drug-likeness (QED) is 0.440. The van der Waals surface area contributed by atoms with Crippen molar-refractivity contribution in [2.75, 3.05) is 13.2 Å². The Hall–Kier alpha value is 0.870. The molecule has 0 bridgehead atoms. The van der Waals surface area contributed by atoms with E-state index in [1.165, 1.54) is 0 Å². The predicted molar refractivity (Wildman–Crippen MR) is 93.2 cm³/mol. The summed E-state index contributed by atoms with van der Waals surface area (Å²) in [6, 6.07) is 0. The predicted octanol–water partition coefficient (Wildman–Crippen LogP) is 4.32. The van der Waals surface area contributed by atoms with E-state index in [0.717, 1.165) is 51.4 Å². The molecule has 1 radical (unpaired) electrons. The van der Waals surface area contributed by atoms with Gasteiger partial charge in [-0.3, -0.25) is 0 Å². The topological polar surface area (TPSA) is 52.6 Å². The molecule has 6 heteroatoms. The Morgan fingerprint density at radius 2 is 1.14 bits per heavy atom. The molecule has 0 aliphatic rings. The third-order valence-corrected chi connectivity index (χ3v) is 4.83. The van der Waals surface area contributed by atoms with Crippen molar-refractivity contribution in [1.29, 1.82) is 0 Å². The van der Waals surface area contributed by atoms with Crippen molar-refractivity contribution in [3.63, 3.8) is 0 Å². The average Bonchev–Trinajstić information content (AvgIpc) is 2.47. The van der Waals surface area contributed by atoms with Gasteiger partial charge in [0.2, 0.25) is 0 Å². The van der Waals surface area contributed by atoms with Gasteiger partial charge in [-0.1, -0.05) is 66.2 Å². The number of rotatable bonds is 14. The zero-order valence-electron chi connectivity index (χ0n) is 15.3. The Labute approximate surface area is 160 Å². The van der Waals surface area contributed by atoms with Crippen LogP contribution in [0.3, 0.4) is 0 Å². The van der Waals surface area contributed by atoms with Crippen LogP contribution in [0.15, 0.2) is 0 Å². The van der Waals surface area contributed by atoms with Gasteiger partial charge in [0.25, 0.3) is 0 Å². The van der Waals surface area contributed by atoms with Gasteiger partial charge >= 0.3 is 10.4 Å². The zero-order valence-corrected chi connectivity index (χ0v) is 18.1. The molecule has 2 atom stereocenters. The van der Waals surface area contributed by atoms with E-state index < -0.39 is 10.4 Å². The van der Waals surface area contributed by atoms with E-state index in [1.807, 2.05) is 0 Å². The summed E-state index contributed by atoms with van der Waals surface area (Å²) in [5.74, 6) is 0.593. The molecule has 0 heterocycles. The molecule has 0 aliphatic heterocycles. The van der Waals surface area contributed by atoms with Crippen LogP contribution in [0.25, 0.3) is 0 Å². The minimum absolute atomic E-state index is 0. The molecule has 0 N–H and O–H groups in total. The van der Waals surface area contributed by atoms with Crippen molar-refractivity contribution < 1.29 is 16.8 Å². The van der Waals surface area contributed by atoms with Gasteiger partial charge in [-0.15, -0.1) is 0 Å². The maximum Gasteiger partial charge on any atom is 0.399 e. The van der Waals surface area contributed by atoms with Crippen molar-refractivity contribution >= 4 is 40.0 Å². The van der Waals surface area contributed by atoms with Gasteiger partial charge in [0.15, 0.2) is 0 Å². The van der Waals surface area contributed by atoms with Crippen LogP contribution in [0, 0.1) is 11.8 Å². The fourth-order valence-corrected chi connectivity index (χ4v) is 2.98. The van der Waals surface area contributed by atoms with Crippen molar-refractivity contribution in [1.82, 2.24) is 0 Å². The van der Waals surface area contributed by atoms with Crippen LogP contribution in [0.5, 0.6) is 0 Å². The first-order valence-corrected chi connectivity index (χ1v) is 9.86. The largest absolute Gasteiger partial charge is 0.399 e. The Balaban J connectivity index is 0. The van der Waals surface area contributed by atoms with Gasteiger partial charge in [0.1, 0.15) is 0 Å². The summed E-state index contributed by atoms with van der Waals surface area (Å²) in [6.45, 7) is 8.88. The molecule has 0 saturated carbocycles. The van der Waals surface area contributed by atoms with Gasteiger partial charge < -0.3 is 0 Å². The second kappa shape index (κ2) is 15.4. The summed E-state index contributed by atoms with van der Waals surface area (Å²) < 4.78 is 33.6. The van der Waals surface area contributed by atoms with Gasteiger partial charge in [0.05, 0.1) is 13.2 Å². The monoisotopic (exact) mass is 345 g/mol. The van der Waals surface area contributed by atoms with Crippen LogP contribution in [0.4, 0.5) is 0 Å². The van der Waals surface area contributed by atoms with Crippen molar-refractivity contribution in [3.8, 4) is 0 Å². The zero-order chi connectivity index (χ0) is 16.1. The molecule has 0 fully saturated rings. The normalized spacial score (nSPS) is 14.4. The van der Waals surface area contributed by atoms with Gasteiger partial charge in [-0.2, -0.15) is 8.42 Å². The summed E-state index contributed by atoms with van der Waals surface area (Å²) in [5, 5.41) is 0. The third kappa shape index (κ3) is 13.3. The summed E-state index contributed by atoms with van der Waals surface area (Å²) >= 11 is 0. The Morgan fingerprint density at radius 3 is 1.41 bits per heavy atom. The van der Waals surface area contributed by atoms with Crippen molar-refractivity contribution in [3.05, 3.63) is 0 Å². The average molecular weight is 346 g/mol. The minimum Gasteiger partial charge on any atom is -0.248 e. The van der Waals surface area contributed by atoms with E-state index in [4.69, 9.17) is 8.37 Å². The van der Waals surface area contributed by atoms with Crippen molar-refractivity contribution in [2.45, 2.75) is 79.1 Å². The van der Waals surface area contributed by atoms with Crippen LogP contribution in [-0.2, 0) is 18.8 Å². The minimum atomic E-state index is -3.84. The Kier molecular flexibility index (Phi) is 17.6. The van der Waals surface area contributed by atoms with Crippen LogP contribution in [0.2, 0.25) is 0 Å². The van der Waals surface area contributed by atoms with E-state index in [0.29, 0.717) is 11.8 Å². The fraction of sp³-hybridized carbons (Fsp3) is 1.00. The summed E-state index contributed by atoms with van der Waals surface area (Å²) in [7, 11) is -3.84. The Morgan fingerprint density at radius 1 is 0.773 bits per heavy atom. The smallest absolute Gasteiger partial charge is 0.248 e. The van der Waals surface area contributed by atoms with Crippen molar-refractivity contribution in [2.24, 2.45) is 11.8 Å². The molecule has 0 saturated heterocycles. The second-order valence-corrected chi connectivity index (χ2v) is 7.10. The molecule has 0 aromatic carbocycles. The van der Waals surface area contributed by atoms with Crippen LogP contribution in [0.1, 0.15) is 79.1 Å². The third-order valence-electron chi connectivity index (χ3n) is 3.98. The number of hydrogen-bond donors (Lipinski definition) is 0. The molecule has 22 heavy (non-hydrogen) atoms. The molecule has 0 aromatic rings. The SMILES string of the molecule is CCCCC(CC)COS(=O)(=O)OCC(CC)CCCC.[Na]. The number of unbranched alkanes of at least 4 members (excludes halogenated alkanes) is 2. The molecular formula is C16H34NaO4S. The van der Waals surface area contributed by atoms with E-state index in [1.54, 1.807) is 0 Å². The molecule has 0 aliphatic carbocycles. The molecule has 0 spiro atoms. The van der Waals surface area contributed by atoms with Gasteiger partial charge in [0, 0.05) is 29.6 Å². The van der Waals surface area contributed by atoms with E-state index in [2.05, 4.69) is 27.7 Å². The summed E-state index contributed by atoms with van der Waals surface area (Å²) in [4.78, 5) is 0. The Bertz CT molecular complexity index is 307. The molecule has 0 aromatic heterocycles. The van der Waals surface area contributed by atoms with E-state index in [-0.39, 0.29) is 42.8 Å². The first-order chi connectivity index (χ1) is 9.99. The maximum atomic E-state index is 11.8. The van der Waals surface area contributed by atoms with E-state index >= 15 is 0 Å². The molecule has 4 nitrogen and oxygen atoms in total. The van der Waals surface area contributed by atoms with Gasteiger partial charge in [-0.25, -0.2) is 8.37 Å². The van der Waals surface area contributed by atoms with Crippen LogP contribution >= 0.6 is 0 Å². The van der Waals surface area contributed by atoms with Crippen LogP contribution in [-0.4, -0.2) is 51.2 Å². The fourth-order valence-electron chi connectivity index (χ4n) is 2.19. The molecule has 129 valence electrons. The molecular weight excluding hydrogens is 311 g/mol. The van der Waals surface area contributed by atoms with Gasteiger partial charge in [-0.05, 0) is 24.7 Å². The first kappa shape index (κ1) is 25.1. The molecule has 0 amide bonds. The van der Waals surface area contributed by atoms with E-state index in [9.17, 15) is 8.42 Å². The second-order valence-electron chi connectivity index (χ2n) is 5.81. The molecule has 0 rings (SSSR count). The maximum absolute atomic E-state index is 11.8. The summed E-state index contributed by atoms with van der Waals surface area (Å²) in [5.41, 5.74) is 0. The van der Waals surface area contributed by atoms with Crippen LogP contribution < -0.4 is 0 Å². The summed E-state index contributed by atoms with van der Waals surface area (Å²) in [6.07, 6.45) is 8.35.